The van der Waals surface area contributed by atoms with Crippen LogP contribution in [0.2, 0.25) is 0 Å². The lowest BCUT2D eigenvalue weighted by Gasteiger charge is -2.14. The molecule has 2 atom stereocenters. The monoisotopic (exact) mass is 324 g/mol. The summed E-state index contributed by atoms with van der Waals surface area (Å²) < 4.78 is 0. The minimum absolute atomic E-state index is 0.255. The van der Waals surface area contributed by atoms with E-state index in [1.54, 1.807) is 0 Å². The molecule has 2 aromatic rings. The van der Waals surface area contributed by atoms with Gasteiger partial charge in [-0.15, -0.1) is 0 Å². The molecule has 3 amide bonds. The van der Waals surface area contributed by atoms with Crippen LogP contribution in [0, 0.1) is 11.8 Å². The average molecular weight is 324 g/mol. The zero-order valence-corrected chi connectivity index (χ0v) is 12.9. The number of carbonyl (C=O) groups is 3. The van der Waals surface area contributed by atoms with Crippen LogP contribution in [0.3, 0.4) is 0 Å². The molecule has 0 spiro atoms. The maximum absolute atomic E-state index is 12.3. The van der Waals surface area contributed by atoms with Crippen molar-refractivity contribution in [3.8, 4) is 0 Å². The van der Waals surface area contributed by atoms with Crippen LogP contribution < -0.4 is 5.32 Å². The number of likely N-dealkylation sites (tertiary alicyclic amines) is 1. The quantitative estimate of drug-likeness (QED) is 0.660. The minimum Gasteiger partial charge on any atom is -0.324 e. The van der Waals surface area contributed by atoms with E-state index in [0.717, 1.165) is 15.9 Å². The molecule has 2 N–H and O–H groups in total. The Morgan fingerprint density at radius 3 is 2.50 bits per heavy atom. The number of nitrogens with one attached hydrogen (secondary N) is 2. The lowest BCUT2D eigenvalue weighted by molar-refractivity contribution is -0.142. The van der Waals surface area contributed by atoms with Gasteiger partial charge in [-0.2, -0.15) is 0 Å². The molecular weight excluding hydrogens is 308 g/mol. The number of aromatic amines is 1. The number of imidazole rings is 1. The van der Waals surface area contributed by atoms with Crippen LogP contribution in [0.15, 0.2) is 36.4 Å². The van der Waals surface area contributed by atoms with Crippen molar-refractivity contribution < 1.29 is 14.4 Å². The highest BCUT2D eigenvalue weighted by Gasteiger charge is 2.47. The highest BCUT2D eigenvalue weighted by atomic mass is 16.2. The van der Waals surface area contributed by atoms with Gasteiger partial charge in [0.05, 0.1) is 22.9 Å². The molecule has 0 radical (unpaired) electrons. The Morgan fingerprint density at radius 2 is 1.83 bits per heavy atom. The van der Waals surface area contributed by atoms with Gasteiger partial charge in [0, 0.05) is 0 Å². The molecule has 7 nitrogen and oxygen atoms in total. The molecule has 1 aromatic heterocycles. The summed E-state index contributed by atoms with van der Waals surface area (Å²) in [5, 5.41) is 2.61. The Hall–Kier alpha value is -2.96. The summed E-state index contributed by atoms with van der Waals surface area (Å²) in [7, 11) is 0. The van der Waals surface area contributed by atoms with Gasteiger partial charge in [-0.25, -0.2) is 4.98 Å². The van der Waals surface area contributed by atoms with Gasteiger partial charge in [-0.3, -0.25) is 24.6 Å². The minimum atomic E-state index is -0.442. The van der Waals surface area contributed by atoms with E-state index in [1.165, 1.54) is 0 Å². The second kappa shape index (κ2) is 5.59. The number of fused-ring (bicyclic) bond motifs is 2. The number of hydrogen-bond acceptors (Lipinski definition) is 4. The normalized spacial score (nSPS) is 22.9. The summed E-state index contributed by atoms with van der Waals surface area (Å²) in [5.74, 6) is -1.28. The van der Waals surface area contributed by atoms with Crippen molar-refractivity contribution >= 4 is 34.7 Å². The summed E-state index contributed by atoms with van der Waals surface area (Å²) >= 11 is 0. The number of imide groups is 1. The van der Waals surface area contributed by atoms with Crippen molar-refractivity contribution in [3.63, 3.8) is 0 Å². The number of nitrogens with zero attached hydrogens (tertiary/aromatic N) is 2. The molecule has 2 aliphatic rings. The number of benzene rings is 1. The number of allylic oxidation sites excluding steroid dienone is 2. The fourth-order valence-electron chi connectivity index (χ4n) is 3.35. The van der Waals surface area contributed by atoms with Gasteiger partial charge >= 0.3 is 0 Å². The topological polar surface area (TPSA) is 95.2 Å². The van der Waals surface area contributed by atoms with Gasteiger partial charge in [0.2, 0.25) is 23.7 Å². The third-order valence-electron chi connectivity index (χ3n) is 4.55. The van der Waals surface area contributed by atoms with E-state index >= 15 is 0 Å². The van der Waals surface area contributed by atoms with Crippen LogP contribution in [0.25, 0.3) is 11.0 Å². The Bertz CT molecular complexity index is 811. The Labute approximate surface area is 137 Å². The van der Waals surface area contributed by atoms with E-state index in [-0.39, 0.29) is 30.2 Å². The molecule has 0 saturated carbocycles. The maximum Gasteiger partial charge on any atom is 0.246 e. The molecule has 4 rings (SSSR count). The molecule has 1 aliphatic heterocycles. The van der Waals surface area contributed by atoms with Gasteiger partial charge < -0.3 is 4.98 Å². The molecule has 1 fully saturated rings. The zero-order valence-electron chi connectivity index (χ0n) is 12.9. The first-order chi connectivity index (χ1) is 11.6. The maximum atomic E-state index is 12.3. The van der Waals surface area contributed by atoms with Gasteiger partial charge in [0.1, 0.15) is 6.54 Å². The summed E-state index contributed by atoms with van der Waals surface area (Å²) in [6.07, 6.45) is 4.97. The number of amides is 3. The summed E-state index contributed by atoms with van der Waals surface area (Å²) in [5.41, 5.74) is 1.54. The van der Waals surface area contributed by atoms with E-state index in [2.05, 4.69) is 15.3 Å². The average Bonchev–Trinajstić information content (AvgIpc) is 3.09. The van der Waals surface area contributed by atoms with Crippen LogP contribution in [-0.2, 0) is 14.4 Å². The van der Waals surface area contributed by atoms with Gasteiger partial charge in [0.25, 0.3) is 0 Å². The first-order valence-electron chi connectivity index (χ1n) is 7.88. The molecule has 1 saturated heterocycles. The van der Waals surface area contributed by atoms with Gasteiger partial charge in [-0.1, -0.05) is 24.3 Å². The number of hydrogen-bond donors (Lipinski definition) is 2. The predicted octanol–water partition coefficient (Wildman–Crippen LogP) is 1.45. The molecular formula is C17H16N4O3. The Kier molecular flexibility index (Phi) is 3.41. The number of aromatic nitrogens is 2. The van der Waals surface area contributed by atoms with Crippen molar-refractivity contribution in [2.75, 3.05) is 11.9 Å². The molecule has 24 heavy (non-hydrogen) atoms. The van der Waals surface area contributed by atoms with Crippen molar-refractivity contribution in [2.45, 2.75) is 12.8 Å². The fraction of sp³-hybridized carbons (Fsp3) is 0.294. The third kappa shape index (κ3) is 2.38. The second-order valence-corrected chi connectivity index (χ2v) is 6.07. The van der Waals surface area contributed by atoms with Gasteiger partial charge in [-0.05, 0) is 25.0 Å². The Balaban J connectivity index is 1.46. The van der Waals surface area contributed by atoms with Crippen molar-refractivity contribution in [2.24, 2.45) is 11.8 Å². The van der Waals surface area contributed by atoms with E-state index in [1.807, 2.05) is 36.4 Å². The van der Waals surface area contributed by atoms with Gasteiger partial charge in [0.15, 0.2) is 0 Å². The fourth-order valence-corrected chi connectivity index (χ4v) is 3.35. The van der Waals surface area contributed by atoms with Crippen LogP contribution in [0.4, 0.5) is 5.95 Å². The van der Waals surface area contributed by atoms with E-state index in [4.69, 9.17) is 0 Å². The van der Waals surface area contributed by atoms with Crippen LogP contribution in [-0.4, -0.2) is 39.1 Å². The lowest BCUT2D eigenvalue weighted by Crippen LogP contribution is -2.38. The van der Waals surface area contributed by atoms with Crippen molar-refractivity contribution in [1.82, 2.24) is 14.9 Å². The molecule has 1 aliphatic carbocycles. The third-order valence-corrected chi connectivity index (χ3v) is 4.55. The molecule has 7 heteroatoms. The second-order valence-electron chi connectivity index (χ2n) is 6.07. The highest BCUT2D eigenvalue weighted by Crippen LogP contribution is 2.34. The lowest BCUT2D eigenvalue weighted by atomic mass is 9.85. The van der Waals surface area contributed by atoms with E-state index in [9.17, 15) is 14.4 Å². The number of rotatable bonds is 3. The highest BCUT2D eigenvalue weighted by molar-refractivity contribution is 6.08. The summed E-state index contributed by atoms with van der Waals surface area (Å²) in [4.78, 5) is 45.2. The number of carbonyl (C=O) groups excluding carboxylic acids is 3. The smallest absolute Gasteiger partial charge is 0.246 e. The number of H-pyrrole nitrogens is 1. The SMILES string of the molecule is O=C(CN1C(=O)[C@H]2CC=CC[C@H]2C1=O)Nc1nc2ccccc2[nH]1. The first-order valence-corrected chi connectivity index (χ1v) is 7.88. The van der Waals surface area contributed by atoms with E-state index < -0.39 is 5.91 Å². The predicted molar refractivity (Wildman–Crippen MR) is 86.8 cm³/mol. The molecule has 1 aromatic carbocycles. The van der Waals surface area contributed by atoms with Crippen molar-refractivity contribution in [3.05, 3.63) is 36.4 Å². The van der Waals surface area contributed by atoms with Crippen LogP contribution in [0.1, 0.15) is 12.8 Å². The first kappa shape index (κ1) is 14.6. The standard InChI is InChI=1S/C17H16N4O3/c22-14(20-17-18-12-7-3-4-8-13(12)19-17)9-21-15(23)10-5-1-2-6-11(10)16(21)24/h1-4,7-8,10-11H,5-6,9H2,(H2,18,19,20,22)/t10-,11+. The molecule has 0 bridgehead atoms. The zero-order chi connectivity index (χ0) is 16.7. The number of anilines is 1. The molecule has 122 valence electrons. The van der Waals surface area contributed by atoms with Crippen LogP contribution in [0.5, 0.6) is 0 Å². The van der Waals surface area contributed by atoms with Crippen LogP contribution >= 0.6 is 0 Å². The van der Waals surface area contributed by atoms with Crippen molar-refractivity contribution in [1.29, 1.82) is 0 Å². The Morgan fingerprint density at radius 1 is 1.17 bits per heavy atom. The molecule has 0 unspecified atom stereocenters. The molecule has 2 heterocycles. The largest absolute Gasteiger partial charge is 0.324 e. The summed E-state index contributed by atoms with van der Waals surface area (Å²) in [6, 6.07) is 7.39. The number of para-hydroxylation sites is 2. The summed E-state index contributed by atoms with van der Waals surface area (Å²) in [6.45, 7) is -0.276. The van der Waals surface area contributed by atoms with E-state index in [0.29, 0.717) is 18.8 Å².